The number of anilines is 1. The third kappa shape index (κ3) is 7.32. The second kappa shape index (κ2) is 14.5. The quantitative estimate of drug-likeness (QED) is 0.0826. The Morgan fingerprint density at radius 1 is 1.24 bits per heavy atom. The molecule has 1 fully saturated rings. The van der Waals surface area contributed by atoms with Gasteiger partial charge in [-0.1, -0.05) is 62.4 Å². The number of rotatable bonds is 9. The third-order valence-electron chi connectivity index (χ3n) is 6.85. The zero-order valence-corrected chi connectivity index (χ0v) is 24.5. The first-order valence-electron chi connectivity index (χ1n) is 13.4. The molecule has 41 heavy (non-hydrogen) atoms. The minimum absolute atomic E-state index is 0.137. The van der Waals surface area contributed by atoms with Crippen LogP contribution in [-0.4, -0.2) is 58.7 Å². The molecule has 0 radical (unpaired) electrons. The van der Waals surface area contributed by atoms with E-state index in [1.165, 1.54) is 24.3 Å². The van der Waals surface area contributed by atoms with E-state index in [4.69, 9.17) is 16.6 Å². The maximum absolute atomic E-state index is 14.9. The van der Waals surface area contributed by atoms with E-state index in [0.717, 1.165) is 11.3 Å². The number of nitrogens with one attached hydrogen (secondary N) is 1. The zero-order valence-electron chi connectivity index (χ0n) is 23.8. The number of piperazine rings is 1. The molecule has 2 aromatic rings. The number of aliphatic hydroxyl groups excluding tert-OH is 1. The fourth-order valence-electron chi connectivity index (χ4n) is 4.75. The molecular formula is C32H36ClFN4O3. The summed E-state index contributed by atoms with van der Waals surface area (Å²) < 4.78 is 14.9. The standard InChI is InChI=1S/C32H36ClFN4O3/c1-6-8-12-28(34)26(19-39)24-17-30(35-20-40)25(16-27(24)33)32(36-29-13-10-9-11-23(29)21(3)4)38-15-14-37(18-22(38)5)31(41)7-2/h6-13,16-17,19-22,39H,2,14-15,18H2,1,3-5H3,(H,35,40)/b8-6-,26-19+,28-12+,36-32?. The molecule has 2 N–H and O–H groups in total. The summed E-state index contributed by atoms with van der Waals surface area (Å²) in [5.74, 6) is -0.118. The number of carbonyl (C=O) groups excluding carboxylic acids is 2. The number of aliphatic imine (C=N–C) groups is 1. The Morgan fingerprint density at radius 3 is 2.59 bits per heavy atom. The average molecular weight is 579 g/mol. The summed E-state index contributed by atoms with van der Waals surface area (Å²) >= 11 is 6.72. The number of carbonyl (C=O) groups is 2. The van der Waals surface area contributed by atoms with Crippen LogP contribution in [0.3, 0.4) is 0 Å². The SMILES string of the molecule is C=CC(=O)N1CCN(C(=Nc2ccccc2C(C)C)c2cc(Cl)c(C(=C\O)/C(F)=C\C=C/C)cc2NC=O)C(C)C1. The van der Waals surface area contributed by atoms with Gasteiger partial charge in [-0.3, -0.25) is 9.59 Å². The van der Waals surface area contributed by atoms with Crippen LogP contribution < -0.4 is 5.32 Å². The summed E-state index contributed by atoms with van der Waals surface area (Å²) in [4.78, 5) is 33.0. The summed E-state index contributed by atoms with van der Waals surface area (Å²) in [6, 6.07) is 10.8. The van der Waals surface area contributed by atoms with Gasteiger partial charge in [-0.2, -0.15) is 0 Å². The Morgan fingerprint density at radius 2 is 1.98 bits per heavy atom. The van der Waals surface area contributed by atoms with E-state index < -0.39 is 5.83 Å². The highest BCUT2D eigenvalue weighted by Gasteiger charge is 2.30. The van der Waals surface area contributed by atoms with Crippen molar-refractivity contribution in [1.29, 1.82) is 0 Å². The van der Waals surface area contributed by atoms with Gasteiger partial charge in [0.15, 0.2) is 0 Å². The van der Waals surface area contributed by atoms with Gasteiger partial charge < -0.3 is 20.2 Å². The second-order valence-electron chi connectivity index (χ2n) is 9.90. The van der Waals surface area contributed by atoms with E-state index in [-0.39, 0.29) is 34.0 Å². The van der Waals surface area contributed by atoms with Crippen molar-refractivity contribution in [2.75, 3.05) is 25.0 Å². The molecular weight excluding hydrogens is 543 g/mol. The van der Waals surface area contributed by atoms with E-state index >= 15 is 0 Å². The largest absolute Gasteiger partial charge is 0.515 e. The molecule has 0 saturated carbocycles. The predicted molar refractivity (Wildman–Crippen MR) is 165 cm³/mol. The molecule has 7 nitrogen and oxygen atoms in total. The maximum atomic E-state index is 14.9. The molecule has 2 aromatic carbocycles. The predicted octanol–water partition coefficient (Wildman–Crippen LogP) is 7.16. The first-order chi connectivity index (χ1) is 19.7. The van der Waals surface area contributed by atoms with Crippen molar-refractivity contribution in [3.63, 3.8) is 0 Å². The van der Waals surface area contributed by atoms with Crippen LogP contribution in [0, 0.1) is 0 Å². The van der Waals surface area contributed by atoms with Crippen LogP contribution in [0.15, 0.2) is 84.4 Å². The lowest BCUT2D eigenvalue weighted by Gasteiger charge is -2.41. The van der Waals surface area contributed by atoms with Gasteiger partial charge in [0.1, 0.15) is 11.7 Å². The minimum Gasteiger partial charge on any atom is -0.515 e. The lowest BCUT2D eigenvalue weighted by molar-refractivity contribution is -0.128. The summed E-state index contributed by atoms with van der Waals surface area (Å²) in [5, 5.41) is 12.8. The van der Waals surface area contributed by atoms with Crippen molar-refractivity contribution in [2.45, 2.75) is 39.7 Å². The first kappa shape index (κ1) is 31.4. The van der Waals surface area contributed by atoms with Gasteiger partial charge in [-0.15, -0.1) is 0 Å². The van der Waals surface area contributed by atoms with E-state index in [1.807, 2.05) is 31.2 Å². The van der Waals surface area contributed by atoms with Gasteiger partial charge in [-0.25, -0.2) is 9.38 Å². The van der Waals surface area contributed by atoms with E-state index in [9.17, 15) is 19.1 Å². The number of benzene rings is 2. The van der Waals surface area contributed by atoms with Crippen LogP contribution in [0.4, 0.5) is 15.8 Å². The highest BCUT2D eigenvalue weighted by Crippen LogP contribution is 2.36. The Hall–Kier alpha value is -4.17. The molecule has 1 heterocycles. The second-order valence-corrected chi connectivity index (χ2v) is 10.3. The Bertz CT molecular complexity index is 1410. The van der Waals surface area contributed by atoms with Gasteiger partial charge in [0.25, 0.3) is 0 Å². The molecule has 0 bridgehead atoms. The molecule has 0 aliphatic carbocycles. The van der Waals surface area contributed by atoms with Crippen LogP contribution in [0.1, 0.15) is 50.3 Å². The number of nitrogens with zero attached hydrogens (tertiary/aromatic N) is 3. The van der Waals surface area contributed by atoms with E-state index in [2.05, 4.69) is 30.6 Å². The Kier molecular flexibility index (Phi) is 11.1. The van der Waals surface area contributed by atoms with Gasteiger partial charge in [0.05, 0.1) is 23.2 Å². The number of allylic oxidation sites excluding steroid dienone is 5. The summed E-state index contributed by atoms with van der Waals surface area (Å²) in [6.45, 7) is 12.9. The zero-order chi connectivity index (χ0) is 30.1. The summed E-state index contributed by atoms with van der Waals surface area (Å²) in [6.07, 6.45) is 6.83. The molecule has 1 aliphatic heterocycles. The number of aliphatic hydroxyl groups is 1. The van der Waals surface area contributed by atoms with Gasteiger partial charge in [-0.05, 0) is 55.7 Å². The number of amides is 2. The Balaban J connectivity index is 2.26. The molecule has 3 rings (SSSR count). The van der Waals surface area contributed by atoms with E-state index in [1.54, 1.807) is 24.0 Å². The molecule has 2 amide bonds. The van der Waals surface area contributed by atoms with Crippen molar-refractivity contribution in [3.8, 4) is 0 Å². The van der Waals surface area contributed by atoms with E-state index in [0.29, 0.717) is 49.4 Å². The lowest BCUT2D eigenvalue weighted by atomic mass is 9.99. The fourth-order valence-corrected chi connectivity index (χ4v) is 5.02. The maximum Gasteiger partial charge on any atom is 0.246 e. The van der Waals surface area contributed by atoms with Gasteiger partial charge in [0, 0.05) is 41.8 Å². The normalized spacial score (nSPS) is 16.9. The third-order valence-corrected chi connectivity index (χ3v) is 7.16. The highest BCUT2D eigenvalue weighted by molar-refractivity contribution is 6.33. The van der Waals surface area contributed by atoms with Gasteiger partial charge in [0.2, 0.25) is 12.3 Å². The van der Waals surface area contributed by atoms with Crippen molar-refractivity contribution >= 4 is 46.7 Å². The number of amidine groups is 1. The number of para-hydroxylation sites is 1. The molecule has 0 spiro atoms. The number of hydrogen-bond donors (Lipinski definition) is 2. The lowest BCUT2D eigenvalue weighted by Crippen LogP contribution is -2.55. The van der Waals surface area contributed by atoms with Crippen LogP contribution in [-0.2, 0) is 9.59 Å². The van der Waals surface area contributed by atoms with Crippen molar-refractivity contribution in [1.82, 2.24) is 9.80 Å². The van der Waals surface area contributed by atoms with Crippen LogP contribution >= 0.6 is 11.6 Å². The average Bonchev–Trinajstić information content (AvgIpc) is 2.96. The fraction of sp³-hybridized carbons (Fsp3) is 0.281. The minimum atomic E-state index is -0.700. The van der Waals surface area contributed by atoms with Crippen molar-refractivity contribution in [2.24, 2.45) is 4.99 Å². The number of halogens is 2. The Labute approximate surface area is 246 Å². The summed E-state index contributed by atoms with van der Waals surface area (Å²) in [5.41, 5.74) is 2.68. The molecule has 1 unspecified atom stereocenters. The molecule has 1 saturated heterocycles. The van der Waals surface area contributed by atoms with Crippen LogP contribution in [0.2, 0.25) is 5.02 Å². The molecule has 1 atom stereocenters. The smallest absolute Gasteiger partial charge is 0.246 e. The van der Waals surface area contributed by atoms with Gasteiger partial charge >= 0.3 is 0 Å². The number of hydrogen-bond acceptors (Lipinski definition) is 4. The summed E-state index contributed by atoms with van der Waals surface area (Å²) in [7, 11) is 0. The topological polar surface area (TPSA) is 85.2 Å². The molecule has 9 heteroatoms. The van der Waals surface area contributed by atoms with Crippen molar-refractivity contribution < 1.29 is 19.1 Å². The first-order valence-corrected chi connectivity index (χ1v) is 13.8. The van der Waals surface area contributed by atoms with Crippen molar-refractivity contribution in [3.05, 3.63) is 101 Å². The highest BCUT2D eigenvalue weighted by atomic mass is 35.5. The molecule has 216 valence electrons. The molecule has 0 aromatic heterocycles. The molecule has 1 aliphatic rings. The monoisotopic (exact) mass is 578 g/mol. The van der Waals surface area contributed by atoms with Crippen LogP contribution in [0.5, 0.6) is 0 Å². The van der Waals surface area contributed by atoms with Crippen LogP contribution in [0.25, 0.3) is 5.57 Å².